The Bertz CT molecular complexity index is 729. The average molecular weight is 333 g/mol. The zero-order chi connectivity index (χ0) is 17.5. The molecule has 0 aliphatic carbocycles. The standard InChI is InChI=1S/C15H19N5O4/c1-23-12-4-3-10(7-13(12)24-2)5-6-17-14(22)8-20-15(16)11(9-21)18-19-20/h3-4,7,9H,5-6,8,16H2,1-2H3,(H,17,22). The number of carbonyl (C=O) groups excluding carboxylic acids is 2. The summed E-state index contributed by atoms with van der Waals surface area (Å²) >= 11 is 0. The quantitative estimate of drug-likeness (QED) is 0.655. The fourth-order valence-corrected chi connectivity index (χ4v) is 2.11. The number of benzene rings is 1. The maximum atomic E-state index is 11.9. The van der Waals surface area contributed by atoms with Gasteiger partial charge in [-0.25, -0.2) is 4.68 Å². The maximum absolute atomic E-state index is 11.9. The van der Waals surface area contributed by atoms with Crippen LogP contribution in [0.1, 0.15) is 16.1 Å². The highest BCUT2D eigenvalue weighted by Gasteiger charge is 2.11. The lowest BCUT2D eigenvalue weighted by Crippen LogP contribution is -2.30. The van der Waals surface area contributed by atoms with Crippen molar-refractivity contribution in [2.24, 2.45) is 0 Å². The molecule has 128 valence electrons. The van der Waals surface area contributed by atoms with E-state index in [-0.39, 0.29) is 24.0 Å². The number of aromatic nitrogens is 3. The molecule has 9 nitrogen and oxygen atoms in total. The van der Waals surface area contributed by atoms with E-state index >= 15 is 0 Å². The van der Waals surface area contributed by atoms with Gasteiger partial charge in [0.2, 0.25) is 5.91 Å². The molecule has 0 bridgehead atoms. The van der Waals surface area contributed by atoms with Crippen LogP contribution in [0.15, 0.2) is 18.2 Å². The van der Waals surface area contributed by atoms with Crippen molar-refractivity contribution in [3.05, 3.63) is 29.5 Å². The van der Waals surface area contributed by atoms with E-state index in [1.54, 1.807) is 14.2 Å². The number of hydrogen-bond acceptors (Lipinski definition) is 7. The number of anilines is 1. The van der Waals surface area contributed by atoms with Gasteiger partial charge in [0, 0.05) is 6.54 Å². The van der Waals surface area contributed by atoms with Gasteiger partial charge in [-0.2, -0.15) is 0 Å². The molecule has 1 aromatic carbocycles. The molecular weight excluding hydrogens is 314 g/mol. The number of aldehydes is 1. The minimum absolute atomic E-state index is 0.0214. The van der Waals surface area contributed by atoms with Gasteiger partial charge in [-0.1, -0.05) is 11.3 Å². The second kappa shape index (κ2) is 7.95. The van der Waals surface area contributed by atoms with Crippen molar-refractivity contribution in [3.8, 4) is 11.5 Å². The first-order chi connectivity index (χ1) is 11.6. The highest BCUT2D eigenvalue weighted by atomic mass is 16.5. The first-order valence-corrected chi connectivity index (χ1v) is 7.20. The molecule has 9 heteroatoms. The molecule has 0 radical (unpaired) electrons. The van der Waals surface area contributed by atoms with Crippen LogP contribution in [-0.2, 0) is 17.8 Å². The zero-order valence-electron chi connectivity index (χ0n) is 13.5. The number of carbonyl (C=O) groups is 2. The van der Waals surface area contributed by atoms with Crippen molar-refractivity contribution in [3.63, 3.8) is 0 Å². The van der Waals surface area contributed by atoms with Gasteiger partial charge < -0.3 is 20.5 Å². The molecule has 0 aliphatic rings. The van der Waals surface area contributed by atoms with Crippen LogP contribution in [0.4, 0.5) is 5.82 Å². The van der Waals surface area contributed by atoms with Crippen molar-refractivity contribution in [2.45, 2.75) is 13.0 Å². The average Bonchev–Trinajstić information content (AvgIpc) is 2.94. The van der Waals surface area contributed by atoms with Crippen LogP contribution in [-0.4, -0.2) is 48.0 Å². The van der Waals surface area contributed by atoms with Crippen LogP contribution >= 0.6 is 0 Å². The summed E-state index contributed by atoms with van der Waals surface area (Å²) in [5.74, 6) is 1.08. The topological polar surface area (TPSA) is 121 Å². The largest absolute Gasteiger partial charge is 0.493 e. The Labute approximate surface area is 138 Å². The van der Waals surface area contributed by atoms with E-state index in [2.05, 4.69) is 15.6 Å². The minimum Gasteiger partial charge on any atom is -0.493 e. The number of nitrogens with one attached hydrogen (secondary N) is 1. The Balaban J connectivity index is 1.86. The highest BCUT2D eigenvalue weighted by Crippen LogP contribution is 2.27. The molecule has 3 N–H and O–H groups in total. The fraction of sp³-hybridized carbons (Fsp3) is 0.333. The van der Waals surface area contributed by atoms with Crippen molar-refractivity contribution in [2.75, 3.05) is 26.5 Å². The predicted molar refractivity (Wildman–Crippen MR) is 86.1 cm³/mol. The van der Waals surface area contributed by atoms with E-state index in [4.69, 9.17) is 15.2 Å². The number of nitrogens with zero attached hydrogens (tertiary/aromatic N) is 3. The summed E-state index contributed by atoms with van der Waals surface area (Å²) in [4.78, 5) is 22.5. The Hall–Kier alpha value is -3.10. The summed E-state index contributed by atoms with van der Waals surface area (Å²) in [6.07, 6.45) is 1.12. The van der Waals surface area contributed by atoms with Crippen LogP contribution in [0.25, 0.3) is 0 Å². The van der Waals surface area contributed by atoms with Crippen molar-refractivity contribution >= 4 is 18.0 Å². The highest BCUT2D eigenvalue weighted by molar-refractivity contribution is 5.80. The van der Waals surface area contributed by atoms with Crippen molar-refractivity contribution < 1.29 is 19.1 Å². The summed E-state index contributed by atoms with van der Waals surface area (Å²) in [7, 11) is 3.14. The molecule has 2 rings (SSSR count). The third-order valence-corrected chi connectivity index (χ3v) is 3.39. The molecule has 0 saturated heterocycles. The van der Waals surface area contributed by atoms with Crippen LogP contribution in [0.2, 0.25) is 0 Å². The number of nitrogen functional groups attached to an aromatic ring is 1. The molecule has 0 spiro atoms. The number of hydrogen-bond donors (Lipinski definition) is 2. The Morgan fingerprint density at radius 2 is 2.08 bits per heavy atom. The predicted octanol–water partition coefficient (Wildman–Crippen LogP) is 0.0489. The zero-order valence-corrected chi connectivity index (χ0v) is 13.5. The number of ether oxygens (including phenoxy) is 2. The number of nitrogens with two attached hydrogens (primary N) is 1. The first-order valence-electron chi connectivity index (χ1n) is 7.20. The molecule has 0 saturated carbocycles. The van der Waals surface area contributed by atoms with Crippen LogP contribution in [0.3, 0.4) is 0 Å². The lowest BCUT2D eigenvalue weighted by atomic mass is 10.1. The number of amides is 1. The number of methoxy groups -OCH3 is 2. The Morgan fingerprint density at radius 3 is 2.71 bits per heavy atom. The monoisotopic (exact) mass is 333 g/mol. The minimum atomic E-state index is -0.274. The first kappa shape index (κ1) is 17.3. The van der Waals surface area contributed by atoms with E-state index in [1.165, 1.54) is 4.68 Å². The normalized spacial score (nSPS) is 10.2. The van der Waals surface area contributed by atoms with Gasteiger partial charge in [0.15, 0.2) is 29.3 Å². The van der Waals surface area contributed by atoms with Gasteiger partial charge in [-0.05, 0) is 24.1 Å². The third-order valence-electron chi connectivity index (χ3n) is 3.39. The Morgan fingerprint density at radius 1 is 1.33 bits per heavy atom. The van der Waals surface area contributed by atoms with Crippen molar-refractivity contribution in [1.82, 2.24) is 20.3 Å². The van der Waals surface area contributed by atoms with Gasteiger partial charge >= 0.3 is 0 Å². The molecule has 0 unspecified atom stereocenters. The number of rotatable bonds is 8. The molecule has 0 atom stereocenters. The van der Waals surface area contributed by atoms with E-state index in [0.717, 1.165) is 5.56 Å². The van der Waals surface area contributed by atoms with Gasteiger partial charge in [-0.3, -0.25) is 9.59 Å². The van der Waals surface area contributed by atoms with Crippen LogP contribution in [0.5, 0.6) is 11.5 Å². The third kappa shape index (κ3) is 4.00. The van der Waals surface area contributed by atoms with E-state index in [1.807, 2.05) is 18.2 Å². The second-order valence-corrected chi connectivity index (χ2v) is 4.92. The summed E-state index contributed by atoms with van der Waals surface area (Å²) in [6.45, 7) is 0.335. The molecule has 0 fully saturated rings. The SMILES string of the molecule is COc1ccc(CCNC(=O)Cn2nnc(C=O)c2N)cc1OC. The van der Waals surface area contributed by atoms with Gasteiger partial charge in [0.05, 0.1) is 14.2 Å². The van der Waals surface area contributed by atoms with E-state index in [0.29, 0.717) is 30.8 Å². The van der Waals surface area contributed by atoms with Gasteiger partial charge in [0.25, 0.3) is 0 Å². The molecular formula is C15H19N5O4. The molecule has 1 amide bonds. The summed E-state index contributed by atoms with van der Waals surface area (Å²) < 4.78 is 11.6. The molecule has 1 heterocycles. The lowest BCUT2D eigenvalue weighted by molar-refractivity contribution is -0.121. The summed E-state index contributed by atoms with van der Waals surface area (Å²) in [5.41, 5.74) is 6.66. The van der Waals surface area contributed by atoms with Crippen molar-refractivity contribution in [1.29, 1.82) is 0 Å². The lowest BCUT2D eigenvalue weighted by Gasteiger charge is -2.10. The maximum Gasteiger partial charge on any atom is 0.241 e. The van der Waals surface area contributed by atoms with E-state index in [9.17, 15) is 9.59 Å². The Kier molecular flexibility index (Phi) is 5.72. The van der Waals surface area contributed by atoms with Crippen LogP contribution < -0.4 is 20.5 Å². The van der Waals surface area contributed by atoms with E-state index < -0.39 is 0 Å². The summed E-state index contributed by atoms with van der Waals surface area (Å²) in [6, 6.07) is 5.57. The van der Waals surface area contributed by atoms with Gasteiger partial charge in [0.1, 0.15) is 6.54 Å². The second-order valence-electron chi connectivity index (χ2n) is 4.92. The summed E-state index contributed by atoms with van der Waals surface area (Å²) in [5, 5.41) is 9.98. The molecule has 2 aromatic rings. The van der Waals surface area contributed by atoms with Crippen LogP contribution in [0, 0.1) is 0 Å². The van der Waals surface area contributed by atoms with Gasteiger partial charge in [-0.15, -0.1) is 5.10 Å². The molecule has 1 aromatic heterocycles. The smallest absolute Gasteiger partial charge is 0.241 e. The molecule has 24 heavy (non-hydrogen) atoms. The molecule has 0 aliphatic heterocycles. The fourth-order valence-electron chi connectivity index (χ4n) is 2.11.